The molecule has 29 heavy (non-hydrogen) atoms. The second kappa shape index (κ2) is 9.76. The van der Waals surface area contributed by atoms with E-state index in [4.69, 9.17) is 9.47 Å². The van der Waals surface area contributed by atoms with Crippen molar-refractivity contribution in [3.05, 3.63) is 54.6 Å². The van der Waals surface area contributed by atoms with Gasteiger partial charge in [-0.05, 0) is 49.2 Å². The fourth-order valence-electron chi connectivity index (χ4n) is 3.22. The molecule has 8 heteroatoms. The van der Waals surface area contributed by atoms with Gasteiger partial charge in [0.1, 0.15) is 11.5 Å². The summed E-state index contributed by atoms with van der Waals surface area (Å²) in [5.74, 6) is 1.37. The zero-order valence-corrected chi connectivity index (χ0v) is 17.2. The van der Waals surface area contributed by atoms with Crippen molar-refractivity contribution in [2.45, 2.75) is 30.2 Å². The lowest BCUT2D eigenvalue weighted by atomic mass is 10.1. The Balaban J connectivity index is 1.44. The molecular weight excluding hydrogens is 392 g/mol. The third-order valence-corrected chi connectivity index (χ3v) is 6.40. The lowest BCUT2D eigenvalue weighted by molar-refractivity contribution is -0.132. The number of ether oxygens (including phenoxy) is 2. The van der Waals surface area contributed by atoms with E-state index in [-0.39, 0.29) is 16.8 Å². The van der Waals surface area contributed by atoms with Crippen molar-refractivity contribution in [1.82, 2.24) is 9.62 Å². The summed E-state index contributed by atoms with van der Waals surface area (Å²) < 4.78 is 38.5. The minimum atomic E-state index is -3.60. The number of methoxy groups -OCH3 is 1. The molecule has 2 aromatic carbocycles. The third kappa shape index (κ3) is 5.95. The van der Waals surface area contributed by atoms with Crippen LogP contribution in [0.5, 0.6) is 11.5 Å². The summed E-state index contributed by atoms with van der Waals surface area (Å²) in [4.78, 5) is 14.3. The summed E-state index contributed by atoms with van der Waals surface area (Å²) in [6, 6.07) is 15.5. The number of likely N-dealkylation sites (tertiary alicyclic amines) is 1. The highest BCUT2D eigenvalue weighted by Gasteiger charge is 2.26. The fraction of sp³-hybridized carbons (Fsp3) is 0.381. The van der Waals surface area contributed by atoms with Gasteiger partial charge in [0.15, 0.2) is 0 Å². The molecule has 0 aromatic heterocycles. The van der Waals surface area contributed by atoms with E-state index in [1.54, 1.807) is 17.0 Å². The largest absolute Gasteiger partial charge is 0.497 e. The molecule has 0 aliphatic carbocycles. The van der Waals surface area contributed by atoms with E-state index < -0.39 is 10.0 Å². The lowest BCUT2D eigenvalue weighted by Gasteiger charge is -2.32. The fourth-order valence-corrected chi connectivity index (χ4v) is 4.53. The quantitative estimate of drug-likeness (QED) is 0.712. The maximum absolute atomic E-state index is 12.5. The second-order valence-electron chi connectivity index (χ2n) is 6.86. The first-order valence-electron chi connectivity index (χ1n) is 9.60. The van der Waals surface area contributed by atoms with Gasteiger partial charge in [0.25, 0.3) is 0 Å². The Kier molecular flexibility index (Phi) is 7.11. The monoisotopic (exact) mass is 418 g/mol. The van der Waals surface area contributed by atoms with Crippen molar-refractivity contribution in [2.24, 2.45) is 0 Å². The highest BCUT2D eigenvalue weighted by atomic mass is 32.2. The number of benzene rings is 2. The molecule has 1 saturated heterocycles. The summed E-state index contributed by atoms with van der Waals surface area (Å²) in [7, 11) is -2.06. The molecule has 1 amide bonds. The Hall–Kier alpha value is -2.58. The molecule has 1 fully saturated rings. The van der Waals surface area contributed by atoms with E-state index in [0.717, 1.165) is 5.75 Å². The van der Waals surface area contributed by atoms with Crippen molar-refractivity contribution in [2.75, 3.05) is 26.8 Å². The molecule has 0 bridgehead atoms. The van der Waals surface area contributed by atoms with Crippen LogP contribution >= 0.6 is 0 Å². The molecule has 0 unspecified atom stereocenters. The van der Waals surface area contributed by atoms with Crippen LogP contribution < -0.4 is 14.2 Å². The number of amides is 1. The Morgan fingerprint density at radius 3 is 2.31 bits per heavy atom. The van der Waals surface area contributed by atoms with Crippen molar-refractivity contribution < 1.29 is 22.7 Å². The molecule has 3 rings (SSSR count). The van der Waals surface area contributed by atoms with Gasteiger partial charge in [0.05, 0.1) is 25.0 Å². The van der Waals surface area contributed by atoms with Crippen LogP contribution in [0.3, 0.4) is 0 Å². The Bertz CT molecular complexity index is 892. The van der Waals surface area contributed by atoms with Crippen LogP contribution in [0, 0.1) is 0 Å². The van der Waals surface area contributed by atoms with Crippen LogP contribution in [0.4, 0.5) is 0 Å². The molecule has 1 heterocycles. The molecule has 0 radical (unpaired) electrons. The number of carbonyl (C=O) groups is 1. The standard InChI is InChI=1S/C21H26N2O5S/c1-27-18-7-9-20(10-8-18)29(25,26)22-17-11-14-23(15-12-17)21(24)13-16-28-19-5-3-2-4-6-19/h2-10,17,22H,11-16H2,1H3. The average Bonchev–Trinajstić information content (AvgIpc) is 2.75. The van der Waals surface area contributed by atoms with Crippen molar-refractivity contribution in [3.63, 3.8) is 0 Å². The summed E-state index contributed by atoms with van der Waals surface area (Å²) in [5, 5.41) is 0. The van der Waals surface area contributed by atoms with E-state index in [0.29, 0.717) is 44.7 Å². The van der Waals surface area contributed by atoms with E-state index in [1.165, 1.54) is 19.2 Å². The Labute approximate surface area is 171 Å². The number of para-hydroxylation sites is 1. The summed E-state index contributed by atoms with van der Waals surface area (Å²) >= 11 is 0. The zero-order valence-electron chi connectivity index (χ0n) is 16.4. The van der Waals surface area contributed by atoms with Crippen LogP contribution in [0.1, 0.15) is 19.3 Å². The lowest BCUT2D eigenvalue weighted by Crippen LogP contribution is -2.46. The minimum Gasteiger partial charge on any atom is -0.497 e. The number of piperidine rings is 1. The van der Waals surface area contributed by atoms with Crippen molar-refractivity contribution in [1.29, 1.82) is 0 Å². The van der Waals surface area contributed by atoms with Crippen LogP contribution in [-0.4, -0.2) is 52.1 Å². The molecule has 7 nitrogen and oxygen atoms in total. The molecule has 1 N–H and O–H groups in total. The number of nitrogens with one attached hydrogen (secondary N) is 1. The molecule has 1 aliphatic rings. The number of nitrogens with zero attached hydrogens (tertiary/aromatic N) is 1. The molecule has 1 aliphatic heterocycles. The van der Waals surface area contributed by atoms with Crippen molar-refractivity contribution >= 4 is 15.9 Å². The molecule has 2 aromatic rings. The van der Waals surface area contributed by atoms with Gasteiger partial charge in [-0.3, -0.25) is 4.79 Å². The highest BCUT2D eigenvalue weighted by molar-refractivity contribution is 7.89. The number of carbonyl (C=O) groups excluding carboxylic acids is 1. The van der Waals surface area contributed by atoms with Gasteiger partial charge in [-0.2, -0.15) is 0 Å². The van der Waals surface area contributed by atoms with Crippen LogP contribution in [-0.2, 0) is 14.8 Å². The maximum Gasteiger partial charge on any atom is 0.240 e. The van der Waals surface area contributed by atoms with Gasteiger partial charge >= 0.3 is 0 Å². The van der Waals surface area contributed by atoms with Gasteiger partial charge in [0.2, 0.25) is 15.9 Å². The molecule has 156 valence electrons. The molecule has 0 atom stereocenters. The number of hydrogen-bond acceptors (Lipinski definition) is 5. The van der Waals surface area contributed by atoms with Gasteiger partial charge < -0.3 is 14.4 Å². The predicted octanol–water partition coefficient (Wildman–Crippen LogP) is 2.43. The van der Waals surface area contributed by atoms with E-state index in [9.17, 15) is 13.2 Å². The van der Waals surface area contributed by atoms with Gasteiger partial charge in [-0.15, -0.1) is 0 Å². The summed E-state index contributed by atoms with van der Waals surface area (Å²) in [5.41, 5.74) is 0. The first-order valence-corrected chi connectivity index (χ1v) is 11.1. The van der Waals surface area contributed by atoms with Gasteiger partial charge in [0, 0.05) is 19.1 Å². The highest BCUT2D eigenvalue weighted by Crippen LogP contribution is 2.18. The average molecular weight is 419 g/mol. The summed E-state index contributed by atoms with van der Waals surface area (Å²) in [6.45, 7) is 1.38. The maximum atomic E-state index is 12.5. The van der Waals surface area contributed by atoms with Gasteiger partial charge in [-0.1, -0.05) is 18.2 Å². The normalized spacial score (nSPS) is 15.1. The van der Waals surface area contributed by atoms with Crippen LogP contribution in [0.15, 0.2) is 59.5 Å². The predicted molar refractivity (Wildman–Crippen MR) is 109 cm³/mol. The number of hydrogen-bond donors (Lipinski definition) is 1. The topological polar surface area (TPSA) is 84.9 Å². The third-order valence-electron chi connectivity index (χ3n) is 4.87. The Morgan fingerprint density at radius 2 is 1.69 bits per heavy atom. The van der Waals surface area contributed by atoms with Crippen LogP contribution in [0.25, 0.3) is 0 Å². The van der Waals surface area contributed by atoms with E-state index in [1.807, 2.05) is 30.3 Å². The zero-order chi connectivity index (χ0) is 20.7. The molecule has 0 spiro atoms. The molecular formula is C21H26N2O5S. The molecule has 0 saturated carbocycles. The van der Waals surface area contributed by atoms with Crippen molar-refractivity contribution in [3.8, 4) is 11.5 Å². The second-order valence-corrected chi connectivity index (χ2v) is 8.58. The first-order chi connectivity index (χ1) is 14.0. The van der Waals surface area contributed by atoms with E-state index >= 15 is 0 Å². The minimum absolute atomic E-state index is 0.0254. The summed E-state index contributed by atoms with van der Waals surface area (Å²) in [6.07, 6.45) is 1.47. The number of rotatable bonds is 8. The smallest absolute Gasteiger partial charge is 0.240 e. The SMILES string of the molecule is COc1ccc(S(=O)(=O)NC2CCN(C(=O)CCOc3ccccc3)CC2)cc1. The van der Waals surface area contributed by atoms with Crippen LogP contribution in [0.2, 0.25) is 0 Å². The van der Waals surface area contributed by atoms with E-state index in [2.05, 4.69) is 4.72 Å². The Morgan fingerprint density at radius 1 is 1.03 bits per heavy atom. The number of sulfonamides is 1. The van der Waals surface area contributed by atoms with Gasteiger partial charge in [-0.25, -0.2) is 13.1 Å². The first kappa shape index (κ1) is 21.1.